The van der Waals surface area contributed by atoms with Crippen LogP contribution in [0.5, 0.6) is 5.88 Å². The van der Waals surface area contributed by atoms with Gasteiger partial charge in [-0.1, -0.05) is 18.2 Å². The van der Waals surface area contributed by atoms with E-state index in [0.717, 1.165) is 29.8 Å². The summed E-state index contributed by atoms with van der Waals surface area (Å²) in [5.41, 5.74) is 2.61. The van der Waals surface area contributed by atoms with Crippen LogP contribution >= 0.6 is 0 Å². The highest BCUT2D eigenvalue weighted by atomic mass is 16.5. The SMILES string of the molecule is COc1ncccc1CNC(=O)C=Cc1ccc(N2CCCC2=O)cc1. The summed E-state index contributed by atoms with van der Waals surface area (Å²) in [7, 11) is 1.55. The van der Waals surface area contributed by atoms with Gasteiger partial charge in [-0.15, -0.1) is 0 Å². The van der Waals surface area contributed by atoms with Crippen LogP contribution in [-0.4, -0.2) is 30.5 Å². The highest BCUT2D eigenvalue weighted by Gasteiger charge is 2.21. The third-order valence-corrected chi connectivity index (χ3v) is 4.20. The van der Waals surface area contributed by atoms with Crippen LogP contribution in [-0.2, 0) is 16.1 Å². The van der Waals surface area contributed by atoms with Gasteiger partial charge in [-0.3, -0.25) is 9.59 Å². The van der Waals surface area contributed by atoms with Crippen molar-refractivity contribution in [2.24, 2.45) is 0 Å². The van der Waals surface area contributed by atoms with E-state index in [-0.39, 0.29) is 11.8 Å². The normalized spacial score (nSPS) is 14.0. The van der Waals surface area contributed by atoms with Gasteiger partial charge in [0, 0.05) is 43.0 Å². The summed E-state index contributed by atoms with van der Waals surface area (Å²) in [6.45, 7) is 1.12. The number of amides is 2. The Morgan fingerprint density at radius 1 is 1.31 bits per heavy atom. The molecule has 1 N–H and O–H groups in total. The molecule has 1 aliphatic rings. The van der Waals surface area contributed by atoms with Gasteiger partial charge in [-0.05, 0) is 36.3 Å². The maximum atomic E-state index is 12.0. The molecule has 2 amide bonds. The summed E-state index contributed by atoms with van der Waals surface area (Å²) in [5.74, 6) is 0.469. The van der Waals surface area contributed by atoms with Crippen molar-refractivity contribution >= 4 is 23.6 Å². The zero-order chi connectivity index (χ0) is 18.4. The van der Waals surface area contributed by atoms with Crippen molar-refractivity contribution in [2.45, 2.75) is 19.4 Å². The van der Waals surface area contributed by atoms with Gasteiger partial charge in [0.05, 0.1) is 7.11 Å². The summed E-state index contributed by atoms with van der Waals surface area (Å²) < 4.78 is 5.16. The minimum atomic E-state index is -0.199. The number of aromatic nitrogens is 1. The van der Waals surface area contributed by atoms with E-state index in [1.165, 1.54) is 6.08 Å². The van der Waals surface area contributed by atoms with Crippen molar-refractivity contribution < 1.29 is 14.3 Å². The standard InChI is InChI=1S/C20H21N3O3/c1-26-20-16(4-2-12-21-20)14-22-18(24)11-8-15-6-9-17(10-7-15)23-13-3-5-19(23)25/h2,4,6-12H,3,5,13-14H2,1H3,(H,22,24). The number of benzene rings is 1. The Hall–Kier alpha value is -3.15. The van der Waals surface area contributed by atoms with Gasteiger partial charge in [-0.25, -0.2) is 4.98 Å². The summed E-state index contributed by atoms with van der Waals surface area (Å²) in [6, 6.07) is 11.3. The van der Waals surface area contributed by atoms with Crippen LogP contribution < -0.4 is 15.0 Å². The molecule has 0 radical (unpaired) electrons. The number of anilines is 1. The van der Waals surface area contributed by atoms with Crippen LogP contribution in [0.15, 0.2) is 48.7 Å². The molecule has 134 valence electrons. The maximum Gasteiger partial charge on any atom is 0.244 e. The Labute approximate surface area is 152 Å². The summed E-state index contributed by atoms with van der Waals surface area (Å²) >= 11 is 0. The van der Waals surface area contributed by atoms with E-state index in [1.54, 1.807) is 30.3 Å². The van der Waals surface area contributed by atoms with Crippen molar-refractivity contribution in [1.29, 1.82) is 0 Å². The molecular weight excluding hydrogens is 330 g/mol. The number of ether oxygens (including phenoxy) is 1. The van der Waals surface area contributed by atoms with E-state index in [4.69, 9.17) is 4.74 Å². The van der Waals surface area contributed by atoms with Gasteiger partial charge in [0.2, 0.25) is 17.7 Å². The fourth-order valence-corrected chi connectivity index (χ4v) is 2.84. The molecule has 0 saturated carbocycles. The largest absolute Gasteiger partial charge is 0.481 e. The second-order valence-corrected chi connectivity index (χ2v) is 5.96. The highest BCUT2D eigenvalue weighted by molar-refractivity contribution is 5.95. The zero-order valence-corrected chi connectivity index (χ0v) is 14.6. The minimum Gasteiger partial charge on any atom is -0.481 e. The lowest BCUT2D eigenvalue weighted by Crippen LogP contribution is -2.23. The average molecular weight is 351 g/mol. The number of hydrogen-bond acceptors (Lipinski definition) is 4. The first kappa shape index (κ1) is 17.7. The maximum absolute atomic E-state index is 12.0. The molecule has 6 nitrogen and oxygen atoms in total. The fraction of sp³-hybridized carbons (Fsp3) is 0.250. The first-order chi connectivity index (χ1) is 12.7. The van der Waals surface area contributed by atoms with E-state index in [1.807, 2.05) is 30.3 Å². The molecule has 6 heteroatoms. The number of nitrogens with zero attached hydrogens (tertiary/aromatic N) is 2. The Morgan fingerprint density at radius 3 is 2.81 bits per heavy atom. The number of nitrogens with one attached hydrogen (secondary N) is 1. The highest BCUT2D eigenvalue weighted by Crippen LogP contribution is 2.21. The zero-order valence-electron chi connectivity index (χ0n) is 14.6. The second-order valence-electron chi connectivity index (χ2n) is 5.96. The van der Waals surface area contributed by atoms with Crippen molar-refractivity contribution in [3.05, 3.63) is 59.8 Å². The minimum absolute atomic E-state index is 0.165. The lowest BCUT2D eigenvalue weighted by molar-refractivity contribution is -0.117. The van der Waals surface area contributed by atoms with Crippen molar-refractivity contribution in [3.63, 3.8) is 0 Å². The summed E-state index contributed by atoms with van der Waals surface area (Å²) in [4.78, 5) is 29.6. The van der Waals surface area contributed by atoms with Gasteiger partial charge < -0.3 is 15.0 Å². The molecule has 1 aliphatic heterocycles. The average Bonchev–Trinajstić information content (AvgIpc) is 3.11. The molecule has 26 heavy (non-hydrogen) atoms. The van der Waals surface area contributed by atoms with Crippen molar-refractivity contribution in [1.82, 2.24) is 10.3 Å². The van der Waals surface area contributed by atoms with Crippen LogP contribution in [0.25, 0.3) is 6.08 Å². The van der Waals surface area contributed by atoms with Crippen LogP contribution in [0, 0.1) is 0 Å². The van der Waals surface area contributed by atoms with Gasteiger partial charge in [0.25, 0.3) is 0 Å². The van der Waals surface area contributed by atoms with Crippen LogP contribution in [0.1, 0.15) is 24.0 Å². The summed E-state index contributed by atoms with van der Waals surface area (Å²) in [5, 5.41) is 2.81. The van der Waals surface area contributed by atoms with Gasteiger partial charge in [0.15, 0.2) is 0 Å². The smallest absolute Gasteiger partial charge is 0.244 e. The Kier molecular flexibility index (Phi) is 5.63. The van der Waals surface area contributed by atoms with Crippen LogP contribution in [0.3, 0.4) is 0 Å². The molecule has 1 fully saturated rings. The lowest BCUT2D eigenvalue weighted by atomic mass is 10.2. The molecule has 1 aromatic carbocycles. The second kappa shape index (κ2) is 8.29. The van der Waals surface area contributed by atoms with E-state index in [2.05, 4.69) is 10.3 Å². The van der Waals surface area contributed by atoms with Crippen LogP contribution in [0.2, 0.25) is 0 Å². The van der Waals surface area contributed by atoms with Crippen molar-refractivity contribution in [2.75, 3.05) is 18.6 Å². The van der Waals surface area contributed by atoms with Crippen molar-refractivity contribution in [3.8, 4) is 5.88 Å². The molecular formula is C20H21N3O3. The molecule has 3 rings (SSSR count). The van der Waals surface area contributed by atoms with E-state index < -0.39 is 0 Å². The van der Waals surface area contributed by atoms with E-state index >= 15 is 0 Å². The number of rotatable bonds is 6. The van der Waals surface area contributed by atoms with Crippen LogP contribution in [0.4, 0.5) is 5.69 Å². The molecule has 2 heterocycles. The van der Waals surface area contributed by atoms with Gasteiger partial charge >= 0.3 is 0 Å². The summed E-state index contributed by atoms with van der Waals surface area (Å²) in [6.07, 6.45) is 6.39. The number of hydrogen-bond donors (Lipinski definition) is 1. The molecule has 0 atom stereocenters. The number of pyridine rings is 1. The predicted octanol–water partition coefficient (Wildman–Crippen LogP) is 2.55. The Balaban J connectivity index is 1.55. The molecule has 0 unspecified atom stereocenters. The molecule has 2 aromatic rings. The first-order valence-corrected chi connectivity index (χ1v) is 8.51. The lowest BCUT2D eigenvalue weighted by Gasteiger charge is -2.15. The number of methoxy groups -OCH3 is 1. The Morgan fingerprint density at radius 2 is 2.12 bits per heavy atom. The first-order valence-electron chi connectivity index (χ1n) is 8.51. The molecule has 0 aliphatic carbocycles. The third kappa shape index (κ3) is 4.27. The number of carbonyl (C=O) groups excluding carboxylic acids is 2. The molecule has 1 saturated heterocycles. The molecule has 1 aromatic heterocycles. The quantitative estimate of drug-likeness (QED) is 0.812. The molecule has 0 spiro atoms. The van der Waals surface area contributed by atoms with E-state index in [0.29, 0.717) is 18.8 Å². The fourth-order valence-electron chi connectivity index (χ4n) is 2.84. The third-order valence-electron chi connectivity index (χ3n) is 4.20. The molecule has 0 bridgehead atoms. The number of carbonyl (C=O) groups is 2. The van der Waals surface area contributed by atoms with Gasteiger partial charge in [-0.2, -0.15) is 0 Å². The monoisotopic (exact) mass is 351 g/mol. The van der Waals surface area contributed by atoms with Gasteiger partial charge in [0.1, 0.15) is 0 Å². The topological polar surface area (TPSA) is 71.5 Å². The Bertz CT molecular complexity index is 815. The predicted molar refractivity (Wildman–Crippen MR) is 99.7 cm³/mol. The van der Waals surface area contributed by atoms with E-state index in [9.17, 15) is 9.59 Å².